The number of rotatable bonds is 4. The average molecular weight is 471 g/mol. The molecule has 0 bridgehead atoms. The van der Waals surface area contributed by atoms with Crippen molar-refractivity contribution in [1.29, 1.82) is 0 Å². The zero-order valence-corrected chi connectivity index (χ0v) is 19.2. The lowest BCUT2D eigenvalue weighted by Gasteiger charge is -2.24. The van der Waals surface area contributed by atoms with Crippen LogP contribution in [0.25, 0.3) is 11.6 Å². The van der Waals surface area contributed by atoms with E-state index in [4.69, 9.17) is 14.2 Å². The van der Waals surface area contributed by atoms with Gasteiger partial charge < -0.3 is 34.9 Å². The number of aromatic nitrogens is 1. The number of anilines is 1. The number of halogens is 1. The van der Waals surface area contributed by atoms with Crippen molar-refractivity contribution in [2.24, 2.45) is 0 Å². The Morgan fingerprint density at radius 3 is 2.74 bits per heavy atom. The molecule has 4 heterocycles. The van der Waals surface area contributed by atoms with Crippen molar-refractivity contribution >= 4 is 29.2 Å². The summed E-state index contributed by atoms with van der Waals surface area (Å²) in [6.45, 7) is 6.78. The normalized spacial score (nSPS) is 28.2. The van der Waals surface area contributed by atoms with Gasteiger partial charge in [-0.05, 0) is 57.5 Å². The van der Waals surface area contributed by atoms with Gasteiger partial charge in [0.2, 0.25) is 0 Å². The van der Waals surface area contributed by atoms with E-state index in [2.05, 4.69) is 15.6 Å². The first-order chi connectivity index (χ1) is 16.1. The lowest BCUT2D eigenvalue weighted by atomic mass is 10.0. The van der Waals surface area contributed by atoms with Crippen LogP contribution in [0.5, 0.6) is 0 Å². The van der Waals surface area contributed by atoms with Crippen LogP contribution < -0.4 is 10.6 Å². The summed E-state index contributed by atoms with van der Waals surface area (Å²) in [6.07, 6.45) is -0.874. The van der Waals surface area contributed by atoms with Crippen LogP contribution in [-0.4, -0.2) is 58.8 Å². The number of aryl methyl sites for hydroxylation is 1. The largest absolute Gasteiger partial charge is 0.394 e. The predicted molar refractivity (Wildman–Crippen MR) is 120 cm³/mol. The molecule has 0 radical (unpaired) electrons. The van der Waals surface area contributed by atoms with Gasteiger partial charge in [-0.1, -0.05) is 0 Å². The maximum atomic E-state index is 13.8. The van der Waals surface area contributed by atoms with Gasteiger partial charge in [-0.25, -0.2) is 4.39 Å². The van der Waals surface area contributed by atoms with Crippen molar-refractivity contribution in [2.45, 2.75) is 58.0 Å². The van der Waals surface area contributed by atoms with E-state index in [1.807, 2.05) is 0 Å². The fraction of sp³-hybridized carbons (Fsp3) is 0.417. The summed E-state index contributed by atoms with van der Waals surface area (Å²) in [4.78, 5) is 28.8. The summed E-state index contributed by atoms with van der Waals surface area (Å²) in [7, 11) is 0. The van der Waals surface area contributed by atoms with Gasteiger partial charge in [0, 0.05) is 22.6 Å². The van der Waals surface area contributed by atoms with Crippen LogP contribution in [0, 0.1) is 19.7 Å². The number of nitrogens with one attached hydrogen (secondary N) is 3. The molecule has 4 N–H and O–H groups in total. The van der Waals surface area contributed by atoms with Crippen LogP contribution in [0.3, 0.4) is 0 Å². The third kappa shape index (κ3) is 3.72. The highest BCUT2D eigenvalue weighted by molar-refractivity contribution is 6.34. The molecule has 2 amide bonds. The minimum atomic E-state index is -0.855. The summed E-state index contributed by atoms with van der Waals surface area (Å²) in [5.74, 6) is -2.04. The second kappa shape index (κ2) is 8.02. The Morgan fingerprint density at radius 1 is 1.26 bits per heavy atom. The molecule has 34 heavy (non-hydrogen) atoms. The zero-order valence-electron chi connectivity index (χ0n) is 19.2. The summed E-state index contributed by atoms with van der Waals surface area (Å²) in [6, 6.07) is 4.10. The molecule has 3 aliphatic heterocycles. The molecule has 180 valence electrons. The van der Waals surface area contributed by atoms with Crippen molar-refractivity contribution in [2.75, 3.05) is 11.9 Å². The first kappa shape index (κ1) is 22.7. The molecule has 0 spiro atoms. The molecule has 2 unspecified atom stereocenters. The molecule has 1 aromatic heterocycles. The van der Waals surface area contributed by atoms with Crippen LogP contribution in [0.2, 0.25) is 0 Å². The minimum absolute atomic E-state index is 0.267. The van der Waals surface area contributed by atoms with Crippen LogP contribution in [0.15, 0.2) is 18.2 Å². The topological polar surface area (TPSA) is 122 Å². The number of carbonyl (C=O) groups is 2. The van der Waals surface area contributed by atoms with Crippen molar-refractivity contribution in [1.82, 2.24) is 10.3 Å². The number of amides is 2. The van der Waals surface area contributed by atoms with Gasteiger partial charge in [-0.15, -0.1) is 0 Å². The molecule has 0 aliphatic carbocycles. The van der Waals surface area contributed by atoms with Crippen LogP contribution >= 0.6 is 0 Å². The summed E-state index contributed by atoms with van der Waals surface area (Å²) in [5.41, 5.74) is 3.47. The number of aromatic amines is 1. The Morgan fingerprint density at radius 2 is 2.00 bits per heavy atom. The van der Waals surface area contributed by atoms with Crippen molar-refractivity contribution in [3.63, 3.8) is 0 Å². The number of aliphatic hydroxyl groups is 1. The Kier molecular flexibility index (Phi) is 5.36. The molecule has 10 heteroatoms. The number of hydrogen-bond donors (Lipinski definition) is 4. The van der Waals surface area contributed by atoms with Crippen LogP contribution in [-0.2, 0) is 19.0 Å². The number of aliphatic hydroxyl groups excluding tert-OH is 1. The smallest absolute Gasteiger partial charge is 0.256 e. The standard InChI is InChI=1S/C24H26FN3O6/c1-10-16(8-14-13-7-12(25)5-6-15(13)27-21(14)30)26-11(2)18(10)22(31)28-23-20-19(17(9-29)32-23)33-24(3,4)34-20/h5-8,17,19-20,23,26,29H,9H2,1-4H3,(H,27,30)(H,28,31)/b14-8-/t17-,19?,20-,23?/m0/s1. The molecule has 9 nitrogen and oxygen atoms in total. The van der Waals surface area contributed by atoms with Gasteiger partial charge >= 0.3 is 0 Å². The molecular weight excluding hydrogens is 445 g/mol. The fourth-order valence-corrected chi connectivity index (χ4v) is 4.85. The molecule has 2 saturated heterocycles. The summed E-state index contributed by atoms with van der Waals surface area (Å²) < 4.78 is 31.3. The quantitative estimate of drug-likeness (QED) is 0.508. The average Bonchev–Trinajstić information content (AvgIpc) is 3.43. The maximum absolute atomic E-state index is 13.8. The van der Waals surface area contributed by atoms with E-state index in [0.717, 1.165) is 0 Å². The second-order valence-electron chi connectivity index (χ2n) is 9.18. The molecule has 2 aromatic rings. The van der Waals surface area contributed by atoms with E-state index in [9.17, 15) is 19.1 Å². The second-order valence-corrected chi connectivity index (χ2v) is 9.18. The van der Waals surface area contributed by atoms with E-state index in [1.165, 1.54) is 18.2 Å². The number of carbonyl (C=O) groups excluding carboxylic acids is 2. The van der Waals surface area contributed by atoms with Gasteiger partial charge in [0.05, 0.1) is 17.7 Å². The third-order valence-electron chi connectivity index (χ3n) is 6.36. The van der Waals surface area contributed by atoms with E-state index < -0.39 is 42.1 Å². The number of ether oxygens (including phenoxy) is 3. The van der Waals surface area contributed by atoms with E-state index in [-0.39, 0.29) is 12.5 Å². The van der Waals surface area contributed by atoms with Gasteiger partial charge in [0.15, 0.2) is 12.0 Å². The van der Waals surface area contributed by atoms with Crippen LogP contribution in [0.1, 0.15) is 46.7 Å². The molecular formula is C24H26FN3O6. The molecule has 0 saturated carbocycles. The number of H-pyrrole nitrogens is 1. The first-order valence-electron chi connectivity index (χ1n) is 11.0. The molecule has 1 aromatic carbocycles. The molecule has 2 fully saturated rings. The van der Waals surface area contributed by atoms with Crippen molar-refractivity contribution in [3.05, 3.63) is 52.1 Å². The molecule has 5 rings (SSSR count). The number of hydrogen-bond acceptors (Lipinski definition) is 6. The fourth-order valence-electron chi connectivity index (χ4n) is 4.85. The van der Waals surface area contributed by atoms with Gasteiger partial charge in [0.25, 0.3) is 11.8 Å². The lowest BCUT2D eigenvalue weighted by Crippen LogP contribution is -2.44. The third-order valence-corrected chi connectivity index (χ3v) is 6.36. The predicted octanol–water partition coefficient (Wildman–Crippen LogP) is 2.23. The highest BCUT2D eigenvalue weighted by Gasteiger charge is 2.55. The zero-order chi connectivity index (χ0) is 24.4. The van der Waals surface area contributed by atoms with E-state index in [0.29, 0.717) is 39.3 Å². The molecule has 3 aliphatic rings. The highest BCUT2D eigenvalue weighted by Crippen LogP contribution is 2.38. The van der Waals surface area contributed by atoms with Crippen LogP contribution in [0.4, 0.5) is 10.1 Å². The molecule has 4 atom stereocenters. The van der Waals surface area contributed by atoms with Gasteiger partial charge in [0.1, 0.15) is 24.1 Å². The maximum Gasteiger partial charge on any atom is 0.256 e. The Bertz CT molecular complexity index is 1220. The summed E-state index contributed by atoms with van der Waals surface area (Å²) in [5, 5.41) is 15.2. The van der Waals surface area contributed by atoms with Gasteiger partial charge in [-0.3, -0.25) is 9.59 Å². The number of fused-ring (bicyclic) bond motifs is 2. The van der Waals surface area contributed by atoms with Crippen molar-refractivity contribution in [3.8, 4) is 0 Å². The monoisotopic (exact) mass is 471 g/mol. The Balaban J connectivity index is 1.41. The Hall–Kier alpha value is -3.05. The summed E-state index contributed by atoms with van der Waals surface area (Å²) >= 11 is 0. The van der Waals surface area contributed by atoms with E-state index in [1.54, 1.807) is 33.8 Å². The highest BCUT2D eigenvalue weighted by atomic mass is 19.1. The van der Waals surface area contributed by atoms with Gasteiger partial charge in [-0.2, -0.15) is 0 Å². The van der Waals surface area contributed by atoms with Crippen molar-refractivity contribution < 1.29 is 33.3 Å². The lowest BCUT2D eigenvalue weighted by molar-refractivity contribution is -0.192. The minimum Gasteiger partial charge on any atom is -0.394 e. The number of benzene rings is 1. The van der Waals surface area contributed by atoms with E-state index >= 15 is 0 Å². The Labute approximate surface area is 195 Å². The first-order valence-corrected chi connectivity index (χ1v) is 11.0. The SMILES string of the molecule is Cc1[nH]c(/C=C2\C(=O)Nc3ccc(F)cc32)c(C)c1C(=O)NC1O[C@@H](CO)C2OC(C)(C)O[C@H]12.